The van der Waals surface area contributed by atoms with Crippen molar-refractivity contribution in [2.75, 3.05) is 16.2 Å². The van der Waals surface area contributed by atoms with Gasteiger partial charge in [0.1, 0.15) is 0 Å². The monoisotopic (exact) mass is 440 g/mol. The fourth-order valence-corrected chi connectivity index (χ4v) is 4.65. The lowest BCUT2D eigenvalue weighted by atomic mass is 10.2. The Morgan fingerprint density at radius 2 is 1.78 bits per heavy atom. The van der Waals surface area contributed by atoms with E-state index in [2.05, 4.69) is 27.3 Å². The van der Waals surface area contributed by atoms with Gasteiger partial charge in [0.15, 0.2) is 11.0 Å². The van der Waals surface area contributed by atoms with Crippen molar-refractivity contribution in [1.29, 1.82) is 0 Å². The number of carbonyl (C=O) groups is 1. The lowest BCUT2D eigenvalue weighted by molar-refractivity contribution is 0.102. The highest BCUT2D eigenvalue weighted by Crippen LogP contribution is 2.31. The fraction of sp³-hybridized carbons (Fsp3) is 0.0952. The van der Waals surface area contributed by atoms with E-state index in [9.17, 15) is 9.00 Å². The van der Waals surface area contributed by atoms with Gasteiger partial charge in [-0.25, -0.2) is 4.21 Å². The molecule has 1 amide bonds. The van der Waals surface area contributed by atoms with Gasteiger partial charge >= 0.3 is 0 Å². The van der Waals surface area contributed by atoms with E-state index < -0.39 is 11.0 Å². The quantitative estimate of drug-likeness (QED) is 0.633. The third-order valence-corrected chi connectivity index (χ3v) is 6.41. The van der Waals surface area contributed by atoms with Gasteiger partial charge in [-0.1, -0.05) is 40.2 Å². The summed E-state index contributed by atoms with van der Waals surface area (Å²) in [5.74, 6) is -0.224. The molecular formula is C21H17BrN2O2S. The number of fused-ring (bicyclic) bond motifs is 1. The second kappa shape index (κ2) is 7.66. The smallest absolute Gasteiger partial charge is 0.255 e. The number of carbonyl (C=O) groups excluding carboxylic acids is 1. The number of rotatable bonds is 4. The third-order valence-electron chi connectivity index (χ3n) is 4.44. The molecule has 0 saturated carbocycles. The van der Waals surface area contributed by atoms with Gasteiger partial charge in [0.25, 0.3) is 5.91 Å². The van der Waals surface area contributed by atoms with Gasteiger partial charge in [-0.05, 0) is 60.5 Å². The first-order valence-electron chi connectivity index (χ1n) is 8.56. The summed E-state index contributed by atoms with van der Waals surface area (Å²) in [4.78, 5) is 13.2. The normalized spacial score (nSPS) is 13.9. The summed E-state index contributed by atoms with van der Waals surface area (Å²) in [7, 11) is -1.35. The molecule has 1 aliphatic heterocycles. The number of para-hydroxylation sites is 1. The maximum Gasteiger partial charge on any atom is 0.255 e. The number of hydrogen-bond acceptors (Lipinski definition) is 2. The Balaban J connectivity index is 1.55. The Labute approximate surface area is 168 Å². The first kappa shape index (κ1) is 17.9. The van der Waals surface area contributed by atoms with Crippen LogP contribution in [0.1, 0.15) is 15.9 Å². The Kier molecular flexibility index (Phi) is 5.09. The first-order valence-corrected chi connectivity index (χ1v) is 10.5. The van der Waals surface area contributed by atoms with Crippen molar-refractivity contribution in [2.24, 2.45) is 0 Å². The molecule has 1 heterocycles. The van der Waals surface area contributed by atoms with Crippen LogP contribution in [-0.4, -0.2) is 16.7 Å². The van der Waals surface area contributed by atoms with Crippen molar-refractivity contribution in [1.82, 2.24) is 0 Å². The van der Waals surface area contributed by atoms with Crippen LogP contribution in [-0.2, 0) is 17.4 Å². The summed E-state index contributed by atoms with van der Waals surface area (Å²) in [6, 6.07) is 22.4. The molecular weight excluding hydrogens is 424 g/mol. The molecule has 3 aromatic carbocycles. The number of nitrogens with zero attached hydrogens (tertiary/aromatic N) is 1. The van der Waals surface area contributed by atoms with Crippen LogP contribution in [0.3, 0.4) is 0 Å². The molecule has 1 unspecified atom stereocenters. The van der Waals surface area contributed by atoms with Crippen LogP contribution in [0.15, 0.2) is 82.2 Å². The maximum atomic E-state index is 13.1. The van der Waals surface area contributed by atoms with Gasteiger partial charge in [-0.3, -0.25) is 9.10 Å². The highest BCUT2D eigenvalue weighted by atomic mass is 79.9. The van der Waals surface area contributed by atoms with Gasteiger partial charge in [0.2, 0.25) is 0 Å². The summed E-state index contributed by atoms with van der Waals surface area (Å²) >= 11 is 3.37. The van der Waals surface area contributed by atoms with E-state index >= 15 is 0 Å². The number of halogens is 1. The van der Waals surface area contributed by atoms with E-state index in [0.717, 1.165) is 16.6 Å². The molecule has 1 N–H and O–H groups in total. The fourth-order valence-electron chi connectivity index (χ4n) is 3.09. The van der Waals surface area contributed by atoms with Crippen molar-refractivity contribution < 1.29 is 9.00 Å². The van der Waals surface area contributed by atoms with Crippen LogP contribution in [0.2, 0.25) is 0 Å². The molecule has 6 heteroatoms. The van der Waals surface area contributed by atoms with E-state index in [1.807, 2.05) is 46.8 Å². The molecule has 0 bridgehead atoms. The largest absolute Gasteiger partial charge is 0.322 e. The minimum absolute atomic E-state index is 0.224. The Bertz CT molecular complexity index is 1020. The number of nitrogens with one attached hydrogen (secondary N) is 1. The zero-order chi connectivity index (χ0) is 18.8. The molecule has 1 atom stereocenters. The lowest BCUT2D eigenvalue weighted by Gasteiger charge is -2.18. The molecule has 1 aliphatic rings. The van der Waals surface area contributed by atoms with Gasteiger partial charge in [0.05, 0.1) is 10.6 Å². The van der Waals surface area contributed by atoms with Crippen LogP contribution in [0.25, 0.3) is 0 Å². The van der Waals surface area contributed by atoms with Crippen molar-refractivity contribution in [3.63, 3.8) is 0 Å². The maximum absolute atomic E-state index is 13.1. The number of benzene rings is 3. The number of hydrogen-bond donors (Lipinski definition) is 1. The summed E-state index contributed by atoms with van der Waals surface area (Å²) < 4.78 is 15.9. The van der Waals surface area contributed by atoms with E-state index in [-0.39, 0.29) is 5.91 Å². The van der Waals surface area contributed by atoms with Crippen LogP contribution in [0, 0.1) is 0 Å². The molecule has 0 saturated heterocycles. The predicted molar refractivity (Wildman–Crippen MR) is 112 cm³/mol. The van der Waals surface area contributed by atoms with E-state index in [1.54, 1.807) is 24.3 Å². The minimum Gasteiger partial charge on any atom is -0.322 e. The van der Waals surface area contributed by atoms with E-state index in [0.29, 0.717) is 22.7 Å². The Morgan fingerprint density at radius 3 is 2.59 bits per heavy atom. The molecule has 27 heavy (non-hydrogen) atoms. The summed E-state index contributed by atoms with van der Waals surface area (Å²) in [6.45, 7) is 0.710. The molecule has 0 aliphatic carbocycles. The van der Waals surface area contributed by atoms with Crippen molar-refractivity contribution in [3.05, 3.63) is 88.4 Å². The SMILES string of the molecule is O=C(Nc1ccc(Br)cc1)c1cccc(S(=O)N2CCc3ccccc32)c1. The standard InChI is InChI=1S/C21H17BrN2O2S/c22-17-8-10-18(11-9-17)23-21(25)16-5-3-6-19(14-16)27(26)24-13-12-15-4-1-2-7-20(15)24/h1-11,14H,12-13H2,(H,23,25). The van der Waals surface area contributed by atoms with Crippen LogP contribution < -0.4 is 9.62 Å². The molecule has 0 radical (unpaired) electrons. The molecule has 4 rings (SSSR count). The molecule has 0 aromatic heterocycles. The van der Waals surface area contributed by atoms with Gasteiger partial charge in [-0.2, -0.15) is 0 Å². The number of anilines is 2. The van der Waals surface area contributed by atoms with Crippen LogP contribution in [0.4, 0.5) is 11.4 Å². The van der Waals surface area contributed by atoms with Crippen molar-refractivity contribution >= 4 is 44.2 Å². The number of amides is 1. The molecule has 4 nitrogen and oxygen atoms in total. The van der Waals surface area contributed by atoms with E-state index in [4.69, 9.17) is 0 Å². The summed E-state index contributed by atoms with van der Waals surface area (Å²) in [5, 5.41) is 2.86. The molecule has 0 spiro atoms. The second-order valence-corrected chi connectivity index (χ2v) is 8.54. The average Bonchev–Trinajstić information content (AvgIpc) is 3.13. The summed E-state index contributed by atoms with van der Waals surface area (Å²) in [6.07, 6.45) is 0.881. The Morgan fingerprint density at radius 1 is 1.00 bits per heavy atom. The molecule has 3 aromatic rings. The Hall–Kier alpha value is -2.44. The highest BCUT2D eigenvalue weighted by Gasteiger charge is 2.24. The zero-order valence-corrected chi connectivity index (χ0v) is 16.8. The lowest BCUT2D eigenvalue weighted by Crippen LogP contribution is -2.23. The van der Waals surface area contributed by atoms with Crippen molar-refractivity contribution in [3.8, 4) is 0 Å². The second-order valence-electron chi connectivity index (χ2n) is 6.22. The highest BCUT2D eigenvalue weighted by molar-refractivity contribution is 9.10. The van der Waals surface area contributed by atoms with Gasteiger partial charge in [-0.15, -0.1) is 0 Å². The van der Waals surface area contributed by atoms with Crippen molar-refractivity contribution in [2.45, 2.75) is 11.3 Å². The topological polar surface area (TPSA) is 49.4 Å². The minimum atomic E-state index is -1.35. The van der Waals surface area contributed by atoms with Crippen LogP contribution in [0.5, 0.6) is 0 Å². The molecule has 136 valence electrons. The van der Waals surface area contributed by atoms with Gasteiger partial charge < -0.3 is 5.32 Å². The molecule has 0 fully saturated rings. The zero-order valence-electron chi connectivity index (χ0n) is 14.4. The average molecular weight is 441 g/mol. The summed E-state index contributed by atoms with van der Waals surface area (Å²) in [5.41, 5.74) is 3.40. The predicted octanol–water partition coefficient (Wildman–Crippen LogP) is 4.79. The first-order chi connectivity index (χ1) is 13.1. The van der Waals surface area contributed by atoms with Gasteiger partial charge in [0, 0.05) is 22.3 Å². The van der Waals surface area contributed by atoms with E-state index in [1.165, 1.54) is 5.56 Å². The van der Waals surface area contributed by atoms with Crippen LogP contribution >= 0.6 is 15.9 Å². The third kappa shape index (κ3) is 3.82.